The van der Waals surface area contributed by atoms with Crippen molar-refractivity contribution in [1.29, 1.82) is 0 Å². The number of phenolic OH excluding ortho intramolecular Hbond substituents is 1. The van der Waals surface area contributed by atoms with Gasteiger partial charge in [0.2, 0.25) is 0 Å². The Morgan fingerprint density at radius 1 is 1.07 bits per heavy atom. The Kier molecular flexibility index (Phi) is 15.9. The van der Waals surface area contributed by atoms with Gasteiger partial charge in [-0.2, -0.15) is 20.8 Å². The Bertz CT molecular complexity index is 190. The monoisotopic (exact) mass is 269 g/mol. The summed E-state index contributed by atoms with van der Waals surface area (Å²) >= 11 is -0.556. The molecule has 0 fully saturated rings. The number of benzene rings is 1. The molecule has 0 aliphatic carbocycles. The van der Waals surface area contributed by atoms with Crippen molar-refractivity contribution in [3.8, 4) is 5.75 Å². The third-order valence-electron chi connectivity index (χ3n) is 0.756. The zero-order chi connectivity index (χ0) is 11.4. The van der Waals surface area contributed by atoms with Crippen molar-refractivity contribution in [3.63, 3.8) is 0 Å². The van der Waals surface area contributed by atoms with Gasteiger partial charge in [0.25, 0.3) is 0 Å². The molecule has 0 saturated heterocycles. The first-order valence-corrected chi connectivity index (χ1v) is 8.31. The first-order chi connectivity index (χ1) is 6.54. The van der Waals surface area contributed by atoms with Gasteiger partial charge in [0.15, 0.2) is 0 Å². The molecule has 80 valence electrons. The van der Waals surface area contributed by atoms with E-state index in [1.54, 1.807) is 24.3 Å². The molecule has 1 rings (SSSR count). The normalized spacial score (nSPS) is 7.86. The Labute approximate surface area is 103 Å². The third kappa shape index (κ3) is 22.8. The summed E-state index contributed by atoms with van der Waals surface area (Å²) in [5.74, 6) is 1.74. The molecule has 1 nitrogen and oxygen atoms in total. The first-order valence-electron chi connectivity index (χ1n) is 4.01. The van der Waals surface area contributed by atoms with Crippen LogP contribution in [0.3, 0.4) is 0 Å². The predicted molar refractivity (Wildman–Crippen MR) is 60.1 cm³/mol. The standard InChI is InChI=1S/C6H6O.C4H9.2ClH.Ti/c7-6-4-2-1-3-5-6;1-4(2)3;;;/h1-5,7H;1-3H3;2*1H;/q;-1;;;+2/p-2. The second-order valence-corrected chi connectivity index (χ2v) is 5.49. The average molecular weight is 270 g/mol. The minimum absolute atomic E-state index is 0.322. The van der Waals surface area contributed by atoms with Crippen LogP contribution in [0.1, 0.15) is 20.8 Å². The summed E-state index contributed by atoms with van der Waals surface area (Å²) in [5, 5.41) is 8.63. The van der Waals surface area contributed by atoms with Crippen LogP contribution < -0.4 is 0 Å². The molecule has 0 aromatic heterocycles. The van der Waals surface area contributed by atoms with E-state index in [2.05, 4.69) is 20.8 Å². The Hall–Kier alpha value is 0.314. The van der Waals surface area contributed by atoms with Crippen LogP contribution in [0, 0.1) is 5.92 Å². The number of phenols is 1. The second kappa shape index (κ2) is 13.3. The van der Waals surface area contributed by atoms with Crippen LogP contribution in [0.25, 0.3) is 0 Å². The van der Waals surface area contributed by atoms with Crippen molar-refractivity contribution in [2.24, 2.45) is 0 Å². The summed E-state index contributed by atoms with van der Waals surface area (Å²) in [4.78, 5) is 0. The quantitative estimate of drug-likeness (QED) is 0.547. The van der Waals surface area contributed by atoms with E-state index in [1.807, 2.05) is 6.07 Å². The first kappa shape index (κ1) is 16.7. The van der Waals surface area contributed by atoms with Gasteiger partial charge in [-0.25, -0.2) is 0 Å². The number of para-hydroxylation sites is 1. The summed E-state index contributed by atoms with van der Waals surface area (Å²) in [6.45, 7) is 6.25. The van der Waals surface area contributed by atoms with Crippen LogP contribution in [-0.2, 0) is 17.0 Å². The zero-order valence-corrected chi connectivity index (χ0v) is 11.7. The molecule has 0 aliphatic heterocycles. The number of hydrogen-bond acceptors (Lipinski definition) is 1. The van der Waals surface area contributed by atoms with Gasteiger partial charge in [-0.1, -0.05) is 18.2 Å². The molecule has 0 bridgehead atoms. The van der Waals surface area contributed by atoms with Gasteiger partial charge < -0.3 is 11.0 Å². The molecule has 0 saturated carbocycles. The SMILES string of the molecule is C[C-](C)C.Oc1ccccc1.[Cl][Ti][Cl]. The van der Waals surface area contributed by atoms with E-state index in [-0.39, 0.29) is 0 Å². The van der Waals surface area contributed by atoms with Crippen molar-refractivity contribution in [1.82, 2.24) is 0 Å². The summed E-state index contributed by atoms with van der Waals surface area (Å²) in [5.41, 5.74) is 0. The van der Waals surface area contributed by atoms with E-state index in [0.717, 1.165) is 0 Å². The molecule has 0 radical (unpaired) electrons. The maximum absolute atomic E-state index is 8.63. The van der Waals surface area contributed by atoms with E-state index in [0.29, 0.717) is 5.75 Å². The third-order valence-corrected chi connectivity index (χ3v) is 0.756. The van der Waals surface area contributed by atoms with Gasteiger partial charge in [-0.15, -0.1) is 0 Å². The van der Waals surface area contributed by atoms with Crippen LogP contribution in [0.4, 0.5) is 0 Å². The molecule has 1 aromatic carbocycles. The molecule has 0 heterocycles. The van der Waals surface area contributed by atoms with Crippen LogP contribution in [-0.4, -0.2) is 5.11 Å². The van der Waals surface area contributed by atoms with E-state index in [4.69, 9.17) is 23.7 Å². The molecule has 1 aromatic rings. The maximum atomic E-state index is 8.63. The molecular weight excluding hydrogens is 255 g/mol. The van der Waals surface area contributed by atoms with E-state index in [1.165, 1.54) is 5.92 Å². The van der Waals surface area contributed by atoms with Crippen LogP contribution in [0.2, 0.25) is 0 Å². The molecule has 14 heavy (non-hydrogen) atoms. The molecule has 0 spiro atoms. The van der Waals surface area contributed by atoms with E-state index in [9.17, 15) is 0 Å². The van der Waals surface area contributed by atoms with Gasteiger partial charge in [0, 0.05) is 0 Å². The van der Waals surface area contributed by atoms with E-state index >= 15 is 0 Å². The van der Waals surface area contributed by atoms with Crippen LogP contribution in [0.5, 0.6) is 5.75 Å². The van der Waals surface area contributed by atoms with Crippen molar-refractivity contribution in [2.45, 2.75) is 20.8 Å². The van der Waals surface area contributed by atoms with Crippen molar-refractivity contribution >= 4 is 18.6 Å². The molecule has 0 unspecified atom stereocenters. The molecule has 1 N–H and O–H groups in total. The Balaban J connectivity index is 0. The Morgan fingerprint density at radius 2 is 1.36 bits per heavy atom. The second-order valence-electron chi connectivity index (χ2n) is 2.91. The van der Waals surface area contributed by atoms with Crippen molar-refractivity contribution in [2.75, 3.05) is 0 Å². The molecule has 0 atom stereocenters. The fourth-order valence-electron chi connectivity index (χ4n) is 0.428. The number of halogens is 2. The summed E-state index contributed by atoms with van der Waals surface area (Å²) in [7, 11) is 9.78. The summed E-state index contributed by atoms with van der Waals surface area (Å²) < 4.78 is 0. The van der Waals surface area contributed by atoms with Gasteiger partial charge >= 0.3 is 35.6 Å². The Morgan fingerprint density at radius 3 is 1.50 bits per heavy atom. The molecule has 4 heteroatoms. The van der Waals surface area contributed by atoms with Crippen LogP contribution in [0.15, 0.2) is 30.3 Å². The zero-order valence-electron chi connectivity index (χ0n) is 8.59. The van der Waals surface area contributed by atoms with Crippen LogP contribution >= 0.6 is 18.6 Å². The van der Waals surface area contributed by atoms with Crippen molar-refractivity contribution < 1.29 is 22.1 Å². The topological polar surface area (TPSA) is 20.2 Å². The molecule has 0 amide bonds. The van der Waals surface area contributed by atoms with Crippen molar-refractivity contribution in [3.05, 3.63) is 36.2 Å². The summed E-state index contributed by atoms with van der Waals surface area (Å²) in [6.07, 6.45) is 0. The van der Waals surface area contributed by atoms with Gasteiger partial charge in [-0.05, 0) is 12.1 Å². The van der Waals surface area contributed by atoms with E-state index < -0.39 is 17.0 Å². The molecular formula is C10H15Cl2OTi-. The fraction of sp³-hybridized carbons (Fsp3) is 0.300. The number of hydrogen-bond donors (Lipinski definition) is 1. The van der Waals surface area contributed by atoms with Gasteiger partial charge in [0.1, 0.15) is 5.75 Å². The molecule has 0 aliphatic rings. The fourth-order valence-corrected chi connectivity index (χ4v) is 0.428. The van der Waals surface area contributed by atoms with Gasteiger partial charge in [-0.3, -0.25) is 0 Å². The van der Waals surface area contributed by atoms with Gasteiger partial charge in [0.05, 0.1) is 0 Å². The summed E-state index contributed by atoms with van der Waals surface area (Å²) in [6, 6.07) is 8.71. The minimum atomic E-state index is -0.556. The number of rotatable bonds is 0. The number of aromatic hydroxyl groups is 1. The predicted octanol–water partition coefficient (Wildman–Crippen LogP) is 4.39. The average Bonchev–Trinajstić information content (AvgIpc) is 2.05.